The van der Waals surface area contributed by atoms with Gasteiger partial charge in [-0.05, 0) is 18.2 Å². The highest BCUT2D eigenvalue weighted by atomic mass is 32.2. The van der Waals surface area contributed by atoms with E-state index in [1.54, 1.807) is 0 Å². The number of hydrogen-bond acceptors (Lipinski definition) is 6. The van der Waals surface area contributed by atoms with Crippen LogP contribution in [0, 0.1) is 0 Å². The second-order valence-electron chi connectivity index (χ2n) is 6.33. The maximum absolute atomic E-state index is 13.6. The fourth-order valence-electron chi connectivity index (χ4n) is 2.86. The Morgan fingerprint density at radius 3 is 1.84 bits per heavy atom. The van der Waals surface area contributed by atoms with Crippen LogP contribution >= 0.6 is 0 Å². The first-order valence-electron chi connectivity index (χ1n) is 8.11. The van der Waals surface area contributed by atoms with Crippen molar-refractivity contribution in [2.24, 2.45) is 0 Å². The van der Waals surface area contributed by atoms with Crippen LogP contribution in [0.4, 0.5) is 22.0 Å². The number of benzene rings is 2. The highest BCUT2D eigenvalue weighted by Crippen LogP contribution is 2.38. The minimum atomic E-state index is -6.61. The summed E-state index contributed by atoms with van der Waals surface area (Å²) in [6.45, 7) is 0. The van der Waals surface area contributed by atoms with E-state index in [2.05, 4.69) is 4.74 Å². The molecule has 0 amide bonds. The molecule has 1 N–H and O–H groups in total. The zero-order valence-corrected chi connectivity index (χ0v) is 15.6. The zero-order chi connectivity index (χ0) is 23.4. The molecule has 0 fully saturated rings. The molecule has 1 unspecified atom stereocenters. The number of ether oxygens (including phenoxy) is 1. The Balaban J connectivity index is 2.00. The van der Waals surface area contributed by atoms with E-state index in [0.717, 1.165) is 12.1 Å². The van der Waals surface area contributed by atoms with Crippen molar-refractivity contribution >= 4 is 27.7 Å². The lowest BCUT2D eigenvalue weighted by atomic mass is 9.83. The van der Waals surface area contributed by atoms with E-state index in [4.69, 9.17) is 4.55 Å². The van der Waals surface area contributed by atoms with Gasteiger partial charge in [0, 0.05) is 22.3 Å². The number of carbonyl (C=O) groups is 3. The van der Waals surface area contributed by atoms with Gasteiger partial charge in [-0.2, -0.15) is 30.4 Å². The zero-order valence-electron chi connectivity index (χ0n) is 14.8. The molecule has 3 rings (SSSR count). The predicted octanol–water partition coefficient (Wildman–Crippen LogP) is 3.03. The Morgan fingerprint density at radius 1 is 0.871 bits per heavy atom. The molecule has 0 saturated heterocycles. The maximum atomic E-state index is 13.6. The molecule has 13 heteroatoms. The van der Waals surface area contributed by atoms with Gasteiger partial charge in [-0.15, -0.1) is 0 Å². The largest absolute Gasteiger partial charge is 0.441 e. The van der Waals surface area contributed by atoms with Crippen molar-refractivity contribution in [3.63, 3.8) is 0 Å². The van der Waals surface area contributed by atoms with Gasteiger partial charge in [-0.25, -0.2) is 4.79 Å². The van der Waals surface area contributed by atoms with Gasteiger partial charge in [0.1, 0.15) is 0 Å². The van der Waals surface area contributed by atoms with Crippen LogP contribution < -0.4 is 0 Å². The maximum Gasteiger partial charge on any atom is 0.432 e. The molecule has 0 spiro atoms. The minimum absolute atomic E-state index is 0.0448. The molecule has 0 aromatic heterocycles. The molecule has 0 aliphatic heterocycles. The average molecular weight is 464 g/mol. The van der Waals surface area contributed by atoms with Gasteiger partial charge in [-0.1, -0.05) is 24.3 Å². The van der Waals surface area contributed by atoms with Crippen molar-refractivity contribution in [2.75, 3.05) is 0 Å². The summed E-state index contributed by atoms with van der Waals surface area (Å²) in [5, 5.41) is -5.90. The number of rotatable bonds is 4. The van der Waals surface area contributed by atoms with E-state index >= 15 is 0 Å². The van der Waals surface area contributed by atoms with Crippen molar-refractivity contribution in [1.82, 2.24) is 0 Å². The standard InChI is InChI=1S/C18H9F5O7S/c19-17(20,21)16(18(22,23)31(27,28)29)30-15(26)8-5-6-11-12(7-8)14(25)10-4-2-1-3-9(10)13(11)24/h1-7,16H,(H,27,28,29). The summed E-state index contributed by atoms with van der Waals surface area (Å²) in [4.78, 5) is 37.1. The summed E-state index contributed by atoms with van der Waals surface area (Å²) in [7, 11) is -6.61. The summed E-state index contributed by atoms with van der Waals surface area (Å²) in [5.74, 6) is -3.43. The molecule has 164 valence electrons. The van der Waals surface area contributed by atoms with Crippen LogP contribution in [0.25, 0.3) is 0 Å². The molecule has 7 nitrogen and oxygen atoms in total. The van der Waals surface area contributed by atoms with Gasteiger partial charge in [0.2, 0.25) is 0 Å². The molecule has 2 aromatic carbocycles. The first-order chi connectivity index (χ1) is 14.2. The van der Waals surface area contributed by atoms with Gasteiger partial charge in [0.25, 0.3) is 6.10 Å². The van der Waals surface area contributed by atoms with Crippen LogP contribution in [0.2, 0.25) is 0 Å². The second-order valence-corrected chi connectivity index (χ2v) is 7.82. The highest BCUT2D eigenvalue weighted by molar-refractivity contribution is 7.86. The second kappa shape index (κ2) is 7.20. The minimum Gasteiger partial charge on any atom is -0.441 e. The van der Waals surface area contributed by atoms with Crippen LogP contribution in [0.5, 0.6) is 0 Å². The number of hydrogen-bond donors (Lipinski definition) is 1. The van der Waals surface area contributed by atoms with Crippen LogP contribution in [0.3, 0.4) is 0 Å². The summed E-state index contributed by atoms with van der Waals surface area (Å²) < 4.78 is 99.4. The number of halogens is 5. The molecular weight excluding hydrogens is 455 g/mol. The van der Waals surface area contributed by atoms with Crippen LogP contribution in [0.1, 0.15) is 42.2 Å². The summed E-state index contributed by atoms with van der Waals surface area (Å²) in [6.07, 6.45) is -10.6. The molecule has 0 heterocycles. The van der Waals surface area contributed by atoms with Gasteiger partial charge in [0.15, 0.2) is 11.6 Å². The molecule has 0 saturated carbocycles. The van der Waals surface area contributed by atoms with Crippen molar-refractivity contribution in [3.05, 3.63) is 70.3 Å². The quantitative estimate of drug-likeness (QED) is 0.359. The van der Waals surface area contributed by atoms with E-state index in [1.165, 1.54) is 24.3 Å². The lowest BCUT2D eigenvalue weighted by Crippen LogP contribution is -2.52. The monoisotopic (exact) mass is 464 g/mol. The molecule has 0 bridgehead atoms. The van der Waals surface area contributed by atoms with Gasteiger partial charge in [-0.3, -0.25) is 14.1 Å². The molecule has 1 aliphatic rings. The Hall–Kier alpha value is -3.19. The summed E-state index contributed by atoms with van der Waals surface area (Å²) in [5.41, 5.74) is -1.39. The molecule has 1 atom stereocenters. The topological polar surface area (TPSA) is 115 Å². The number of fused-ring (bicyclic) bond motifs is 2. The average Bonchev–Trinajstić information content (AvgIpc) is 2.67. The van der Waals surface area contributed by atoms with Gasteiger partial charge < -0.3 is 4.74 Å². The van der Waals surface area contributed by atoms with Crippen molar-refractivity contribution in [2.45, 2.75) is 17.5 Å². The molecule has 31 heavy (non-hydrogen) atoms. The molecule has 2 aromatic rings. The number of alkyl halides is 5. The normalized spacial score (nSPS) is 15.2. The first kappa shape index (κ1) is 22.5. The Morgan fingerprint density at radius 2 is 1.35 bits per heavy atom. The van der Waals surface area contributed by atoms with Gasteiger partial charge in [0.05, 0.1) is 5.56 Å². The van der Waals surface area contributed by atoms with E-state index in [1.807, 2.05) is 0 Å². The Bertz CT molecular complexity index is 1220. The third kappa shape index (κ3) is 3.81. The molecule has 0 radical (unpaired) electrons. The number of ketones is 2. The van der Waals surface area contributed by atoms with Crippen LogP contribution in [0.15, 0.2) is 42.5 Å². The fraction of sp³-hybridized carbons (Fsp3) is 0.167. The van der Waals surface area contributed by atoms with Crippen molar-refractivity contribution in [1.29, 1.82) is 0 Å². The van der Waals surface area contributed by atoms with Crippen molar-refractivity contribution in [3.8, 4) is 0 Å². The summed E-state index contributed by atoms with van der Waals surface area (Å²) in [6, 6.07) is 7.95. The lowest BCUT2D eigenvalue weighted by Gasteiger charge is -2.26. The Kier molecular flexibility index (Phi) is 5.22. The SMILES string of the molecule is O=C(OC(C(F)(F)F)C(F)(F)S(=O)(=O)O)c1ccc2c(c1)C(=O)c1ccccc1C2=O. The summed E-state index contributed by atoms with van der Waals surface area (Å²) >= 11 is 0. The Labute approximate surface area is 170 Å². The van der Waals surface area contributed by atoms with Gasteiger partial charge >= 0.3 is 27.5 Å². The third-order valence-corrected chi connectivity index (χ3v) is 5.23. The van der Waals surface area contributed by atoms with Crippen molar-refractivity contribution < 1.29 is 54.0 Å². The van der Waals surface area contributed by atoms with E-state index < -0.39 is 50.8 Å². The number of carbonyl (C=O) groups excluding carboxylic acids is 3. The molecular formula is C18H9F5O7S. The number of esters is 1. The van der Waals surface area contributed by atoms with Crippen LogP contribution in [-0.2, 0) is 14.9 Å². The van der Waals surface area contributed by atoms with Crippen LogP contribution in [-0.4, -0.2) is 48.0 Å². The first-order valence-corrected chi connectivity index (χ1v) is 9.55. The van der Waals surface area contributed by atoms with E-state index in [9.17, 15) is 44.8 Å². The fourth-order valence-corrected chi connectivity index (χ4v) is 3.31. The van der Waals surface area contributed by atoms with E-state index in [0.29, 0.717) is 6.07 Å². The lowest BCUT2D eigenvalue weighted by molar-refractivity contribution is -0.248. The van der Waals surface area contributed by atoms with E-state index in [-0.39, 0.29) is 22.3 Å². The highest BCUT2D eigenvalue weighted by Gasteiger charge is 2.66. The predicted molar refractivity (Wildman–Crippen MR) is 91.5 cm³/mol. The third-order valence-electron chi connectivity index (χ3n) is 4.33. The smallest absolute Gasteiger partial charge is 0.432 e. The molecule has 1 aliphatic carbocycles.